The van der Waals surface area contributed by atoms with Crippen molar-refractivity contribution in [1.29, 1.82) is 0 Å². The number of unbranched alkanes of at least 4 members (excludes halogenated alkanes) is 1. The third kappa shape index (κ3) is 3.87. The summed E-state index contributed by atoms with van der Waals surface area (Å²) in [5.74, 6) is -0.853. The van der Waals surface area contributed by atoms with E-state index in [1.54, 1.807) is 6.07 Å². The first-order valence-electron chi connectivity index (χ1n) is 6.20. The molecule has 96 valence electrons. The molecular formula is C13H20BrNO2. The largest absolute Gasteiger partial charge is 0.477 e. The van der Waals surface area contributed by atoms with Crippen LogP contribution >= 0.6 is 15.9 Å². The van der Waals surface area contributed by atoms with Gasteiger partial charge in [0.1, 0.15) is 5.69 Å². The summed E-state index contributed by atoms with van der Waals surface area (Å²) in [6.07, 6.45) is 7.32. The average Bonchev–Trinajstić information content (AvgIpc) is 2.66. The number of rotatable bonds is 7. The Morgan fingerprint density at radius 1 is 1.41 bits per heavy atom. The number of hydrogen-bond donors (Lipinski definition) is 1. The molecule has 4 heteroatoms. The lowest BCUT2D eigenvalue weighted by Crippen LogP contribution is -2.14. The van der Waals surface area contributed by atoms with Crippen molar-refractivity contribution in [3.8, 4) is 0 Å². The Bertz CT molecular complexity index is 373. The van der Waals surface area contributed by atoms with E-state index in [0.717, 1.165) is 36.6 Å². The first kappa shape index (κ1) is 14.3. The minimum absolute atomic E-state index is 0.303. The fourth-order valence-corrected chi connectivity index (χ4v) is 2.55. The quantitative estimate of drug-likeness (QED) is 0.807. The zero-order valence-corrected chi connectivity index (χ0v) is 12.0. The van der Waals surface area contributed by atoms with Crippen molar-refractivity contribution in [2.45, 2.75) is 52.0 Å². The molecule has 1 heterocycles. The van der Waals surface area contributed by atoms with Crippen LogP contribution in [-0.2, 0) is 0 Å². The molecule has 1 N–H and O–H groups in total. The Hall–Kier alpha value is -0.770. The predicted molar refractivity (Wildman–Crippen MR) is 72.6 cm³/mol. The normalized spacial score (nSPS) is 12.6. The molecule has 0 fully saturated rings. The summed E-state index contributed by atoms with van der Waals surface area (Å²) in [7, 11) is 0. The number of carboxylic acid groups (broad SMARTS) is 1. The van der Waals surface area contributed by atoms with Crippen molar-refractivity contribution in [3.63, 3.8) is 0 Å². The third-order valence-corrected chi connectivity index (χ3v) is 3.37. The van der Waals surface area contributed by atoms with E-state index in [4.69, 9.17) is 0 Å². The second-order valence-corrected chi connectivity index (χ2v) is 5.26. The fourth-order valence-electron chi connectivity index (χ4n) is 2.11. The van der Waals surface area contributed by atoms with Crippen LogP contribution in [0.25, 0.3) is 0 Å². The zero-order valence-electron chi connectivity index (χ0n) is 10.4. The second-order valence-electron chi connectivity index (χ2n) is 4.34. The third-order valence-electron chi connectivity index (χ3n) is 2.94. The Labute approximate surface area is 111 Å². The van der Waals surface area contributed by atoms with Gasteiger partial charge in [0.05, 0.1) is 0 Å². The minimum atomic E-state index is -0.853. The maximum atomic E-state index is 11.2. The van der Waals surface area contributed by atoms with Crippen LogP contribution in [0.5, 0.6) is 0 Å². The Kier molecular flexibility index (Phi) is 5.75. The van der Waals surface area contributed by atoms with Gasteiger partial charge in [-0.15, -0.1) is 0 Å². The highest BCUT2D eigenvalue weighted by Gasteiger charge is 2.18. The summed E-state index contributed by atoms with van der Waals surface area (Å²) in [5.41, 5.74) is 0.381. The molecule has 1 aromatic rings. The van der Waals surface area contributed by atoms with Crippen LogP contribution < -0.4 is 0 Å². The molecule has 0 aliphatic rings. The highest BCUT2D eigenvalue weighted by Crippen LogP contribution is 2.26. The molecule has 1 atom stereocenters. The van der Waals surface area contributed by atoms with Crippen LogP contribution in [0.4, 0.5) is 0 Å². The lowest BCUT2D eigenvalue weighted by atomic mass is 10.0. The number of aromatic nitrogens is 1. The molecule has 0 aliphatic carbocycles. The number of hydrogen-bond acceptors (Lipinski definition) is 1. The van der Waals surface area contributed by atoms with Gasteiger partial charge in [0.15, 0.2) is 0 Å². The average molecular weight is 302 g/mol. The summed E-state index contributed by atoms with van der Waals surface area (Å²) in [5, 5.41) is 9.18. The maximum Gasteiger partial charge on any atom is 0.352 e. The van der Waals surface area contributed by atoms with E-state index in [0.29, 0.717) is 11.7 Å². The first-order chi connectivity index (χ1) is 8.10. The second kappa shape index (κ2) is 6.84. The Morgan fingerprint density at radius 3 is 2.65 bits per heavy atom. The molecule has 17 heavy (non-hydrogen) atoms. The summed E-state index contributed by atoms with van der Waals surface area (Å²) in [4.78, 5) is 11.2. The Balaban J connectivity index is 2.95. The van der Waals surface area contributed by atoms with Crippen molar-refractivity contribution >= 4 is 21.9 Å². The van der Waals surface area contributed by atoms with Gasteiger partial charge in [-0.1, -0.05) is 33.1 Å². The van der Waals surface area contributed by atoms with Gasteiger partial charge in [0.2, 0.25) is 0 Å². The fraction of sp³-hybridized carbons (Fsp3) is 0.615. The van der Waals surface area contributed by atoms with Gasteiger partial charge in [-0.2, -0.15) is 0 Å². The first-order valence-corrected chi connectivity index (χ1v) is 7.00. The molecule has 0 aromatic carbocycles. The molecular weight excluding hydrogens is 282 g/mol. The van der Waals surface area contributed by atoms with E-state index in [1.165, 1.54) is 0 Å². The molecule has 0 radical (unpaired) electrons. The van der Waals surface area contributed by atoms with Crippen LogP contribution in [-0.4, -0.2) is 15.6 Å². The van der Waals surface area contributed by atoms with Gasteiger partial charge in [-0.05, 0) is 34.8 Å². The van der Waals surface area contributed by atoms with Crippen LogP contribution in [0.2, 0.25) is 0 Å². The topological polar surface area (TPSA) is 42.2 Å². The lowest BCUT2D eigenvalue weighted by Gasteiger charge is -2.19. The van der Waals surface area contributed by atoms with Crippen molar-refractivity contribution in [2.75, 3.05) is 0 Å². The maximum absolute atomic E-state index is 11.2. The number of nitrogens with zero attached hydrogens (tertiary/aromatic N) is 1. The molecule has 0 saturated heterocycles. The molecule has 3 nitrogen and oxygen atoms in total. The Morgan fingerprint density at radius 2 is 2.12 bits per heavy atom. The highest BCUT2D eigenvalue weighted by molar-refractivity contribution is 9.10. The molecule has 0 bridgehead atoms. The number of halogens is 1. The molecule has 1 aromatic heterocycles. The SMILES string of the molecule is CCCCC(CCC)n1cc(Br)cc1C(=O)O. The molecule has 0 spiro atoms. The summed E-state index contributed by atoms with van der Waals surface area (Å²) < 4.78 is 2.75. The number of carboxylic acids is 1. The van der Waals surface area contributed by atoms with Gasteiger partial charge >= 0.3 is 5.97 Å². The zero-order chi connectivity index (χ0) is 12.8. The van der Waals surface area contributed by atoms with Crippen molar-refractivity contribution in [1.82, 2.24) is 4.57 Å². The van der Waals surface area contributed by atoms with E-state index < -0.39 is 5.97 Å². The van der Waals surface area contributed by atoms with E-state index in [1.807, 2.05) is 10.8 Å². The van der Waals surface area contributed by atoms with Gasteiger partial charge in [-0.3, -0.25) is 0 Å². The van der Waals surface area contributed by atoms with E-state index in [9.17, 15) is 9.90 Å². The van der Waals surface area contributed by atoms with E-state index in [2.05, 4.69) is 29.8 Å². The van der Waals surface area contributed by atoms with Crippen molar-refractivity contribution in [3.05, 3.63) is 22.4 Å². The van der Waals surface area contributed by atoms with E-state index >= 15 is 0 Å². The number of carbonyl (C=O) groups is 1. The smallest absolute Gasteiger partial charge is 0.352 e. The molecule has 0 saturated carbocycles. The summed E-state index contributed by atoms with van der Waals surface area (Å²) in [6.45, 7) is 4.30. The van der Waals surface area contributed by atoms with E-state index in [-0.39, 0.29) is 0 Å². The van der Waals surface area contributed by atoms with Crippen LogP contribution in [0.15, 0.2) is 16.7 Å². The van der Waals surface area contributed by atoms with Gasteiger partial charge in [-0.25, -0.2) is 4.79 Å². The standard InChI is InChI=1S/C13H20BrNO2/c1-3-5-7-11(6-4-2)15-9-10(14)8-12(15)13(16)17/h8-9,11H,3-7H2,1-2H3,(H,16,17). The molecule has 0 aliphatic heterocycles. The summed E-state index contributed by atoms with van der Waals surface area (Å²) in [6, 6.07) is 1.98. The highest BCUT2D eigenvalue weighted by atomic mass is 79.9. The van der Waals surface area contributed by atoms with Crippen LogP contribution in [0.1, 0.15) is 62.5 Å². The van der Waals surface area contributed by atoms with Gasteiger partial charge in [0, 0.05) is 16.7 Å². The molecule has 1 rings (SSSR count). The van der Waals surface area contributed by atoms with Gasteiger partial charge < -0.3 is 9.67 Å². The van der Waals surface area contributed by atoms with Gasteiger partial charge in [0.25, 0.3) is 0 Å². The van der Waals surface area contributed by atoms with Crippen molar-refractivity contribution in [2.24, 2.45) is 0 Å². The minimum Gasteiger partial charge on any atom is -0.477 e. The van der Waals surface area contributed by atoms with Crippen molar-refractivity contribution < 1.29 is 9.90 Å². The van der Waals surface area contributed by atoms with Crippen LogP contribution in [0, 0.1) is 0 Å². The van der Waals surface area contributed by atoms with Crippen LogP contribution in [0.3, 0.4) is 0 Å². The monoisotopic (exact) mass is 301 g/mol. The lowest BCUT2D eigenvalue weighted by molar-refractivity contribution is 0.0681. The number of aromatic carboxylic acids is 1. The predicted octanol–water partition coefficient (Wildman–Crippen LogP) is 4.48. The summed E-state index contributed by atoms with van der Waals surface area (Å²) >= 11 is 3.35. The molecule has 0 amide bonds. The molecule has 1 unspecified atom stereocenters.